The van der Waals surface area contributed by atoms with Crippen LogP contribution in [0.3, 0.4) is 0 Å². The van der Waals surface area contributed by atoms with E-state index in [4.69, 9.17) is 0 Å². The molecule has 2 heteroatoms. The molecule has 66 valence electrons. The van der Waals surface area contributed by atoms with E-state index in [9.17, 15) is 0 Å². The van der Waals surface area contributed by atoms with Crippen LogP contribution in [0, 0.1) is 11.8 Å². The van der Waals surface area contributed by atoms with Gasteiger partial charge in [-0.3, -0.25) is 0 Å². The fraction of sp³-hybridized carbons (Fsp3) is 1.00. The Morgan fingerprint density at radius 3 is 1.27 bits per heavy atom. The molecule has 2 bridgehead atoms. The monoisotopic (exact) mass is 172 g/mol. The highest BCUT2D eigenvalue weighted by molar-refractivity contribution is 5.75. The molecular formula is C9H20OSi. The normalized spacial score (nSPS) is 37.1. The topological polar surface area (TPSA) is 12.5 Å². The molecule has 0 atom stereocenters. The van der Waals surface area contributed by atoms with E-state index < -0.39 is 0 Å². The van der Waals surface area contributed by atoms with Crippen LogP contribution >= 0.6 is 0 Å². The smallest absolute Gasteiger partial charge is 0.0701 e. The Hall–Kier alpha value is 0.177. The SMILES string of the molecule is C1CC2CCC1C2.C1CO1.[SiH4]. The van der Waals surface area contributed by atoms with Crippen molar-refractivity contribution in [1.29, 1.82) is 0 Å². The molecule has 0 aromatic rings. The van der Waals surface area contributed by atoms with Crippen molar-refractivity contribution in [3.63, 3.8) is 0 Å². The van der Waals surface area contributed by atoms with Gasteiger partial charge >= 0.3 is 0 Å². The van der Waals surface area contributed by atoms with Crippen molar-refractivity contribution in [3.05, 3.63) is 0 Å². The van der Waals surface area contributed by atoms with Gasteiger partial charge in [-0.2, -0.15) is 0 Å². The zero-order valence-corrected chi connectivity index (χ0v) is 6.51. The van der Waals surface area contributed by atoms with Gasteiger partial charge in [0.25, 0.3) is 0 Å². The van der Waals surface area contributed by atoms with Gasteiger partial charge in [0.2, 0.25) is 0 Å². The summed E-state index contributed by atoms with van der Waals surface area (Å²) in [6, 6.07) is 0. The fourth-order valence-corrected chi connectivity index (χ4v) is 2.17. The van der Waals surface area contributed by atoms with Gasteiger partial charge in [0, 0.05) is 0 Å². The number of hydrogen-bond acceptors (Lipinski definition) is 1. The molecule has 0 N–H and O–H groups in total. The summed E-state index contributed by atoms with van der Waals surface area (Å²) in [5.41, 5.74) is 0. The van der Waals surface area contributed by atoms with E-state index in [0.717, 1.165) is 13.2 Å². The quantitative estimate of drug-likeness (QED) is 0.388. The molecular weight excluding hydrogens is 152 g/mol. The van der Waals surface area contributed by atoms with Gasteiger partial charge in [-0.1, -0.05) is 25.7 Å². The molecule has 1 saturated heterocycles. The Labute approximate surface area is 73.5 Å². The number of epoxide rings is 1. The van der Waals surface area contributed by atoms with Crippen LogP contribution in [0.15, 0.2) is 0 Å². The van der Waals surface area contributed by atoms with E-state index in [-0.39, 0.29) is 11.0 Å². The van der Waals surface area contributed by atoms with Crippen LogP contribution in [-0.2, 0) is 4.74 Å². The van der Waals surface area contributed by atoms with Gasteiger partial charge in [0.1, 0.15) is 0 Å². The van der Waals surface area contributed by atoms with E-state index in [1.807, 2.05) is 0 Å². The third kappa shape index (κ3) is 2.95. The number of ether oxygens (including phenoxy) is 1. The van der Waals surface area contributed by atoms with Crippen molar-refractivity contribution in [2.24, 2.45) is 11.8 Å². The first-order valence-corrected chi connectivity index (χ1v) is 4.53. The maximum absolute atomic E-state index is 4.50. The van der Waals surface area contributed by atoms with Gasteiger partial charge in [-0.05, 0) is 29.2 Å². The second-order valence-electron chi connectivity index (χ2n) is 3.73. The maximum atomic E-state index is 4.50. The predicted octanol–water partition coefficient (Wildman–Crippen LogP) is 0.761. The van der Waals surface area contributed by atoms with Crippen LogP contribution in [-0.4, -0.2) is 24.2 Å². The minimum atomic E-state index is 0. The summed E-state index contributed by atoms with van der Waals surface area (Å²) in [7, 11) is 0. The Morgan fingerprint density at radius 2 is 1.18 bits per heavy atom. The largest absolute Gasteiger partial charge is 0.377 e. The van der Waals surface area contributed by atoms with Crippen molar-refractivity contribution < 1.29 is 4.74 Å². The van der Waals surface area contributed by atoms with Gasteiger partial charge in [-0.15, -0.1) is 0 Å². The molecule has 2 saturated carbocycles. The van der Waals surface area contributed by atoms with E-state index in [1.54, 1.807) is 32.1 Å². The Balaban J connectivity index is 0.000000131. The number of rotatable bonds is 0. The molecule has 1 heterocycles. The first-order valence-electron chi connectivity index (χ1n) is 4.53. The lowest BCUT2D eigenvalue weighted by atomic mass is 10.0. The molecule has 3 fully saturated rings. The zero-order valence-electron chi connectivity index (χ0n) is 6.51. The van der Waals surface area contributed by atoms with E-state index >= 15 is 0 Å². The van der Waals surface area contributed by atoms with Crippen molar-refractivity contribution in [2.45, 2.75) is 32.1 Å². The Morgan fingerprint density at radius 1 is 0.818 bits per heavy atom. The summed E-state index contributed by atoms with van der Waals surface area (Å²) in [4.78, 5) is 0. The van der Waals surface area contributed by atoms with E-state index in [1.165, 1.54) is 11.8 Å². The molecule has 0 amide bonds. The minimum Gasteiger partial charge on any atom is -0.377 e. The van der Waals surface area contributed by atoms with Crippen LogP contribution in [0.5, 0.6) is 0 Å². The summed E-state index contributed by atoms with van der Waals surface area (Å²) in [6.45, 7) is 2.00. The van der Waals surface area contributed by atoms with Gasteiger partial charge in [0.15, 0.2) is 0 Å². The average molecular weight is 172 g/mol. The first-order chi connectivity index (χ1) is 4.95. The molecule has 3 aliphatic rings. The molecule has 0 aromatic carbocycles. The second-order valence-corrected chi connectivity index (χ2v) is 3.73. The molecule has 0 spiro atoms. The molecule has 1 nitrogen and oxygen atoms in total. The fourth-order valence-electron chi connectivity index (χ4n) is 2.17. The predicted molar refractivity (Wildman–Crippen MR) is 52.2 cm³/mol. The molecule has 3 rings (SSSR count). The van der Waals surface area contributed by atoms with Crippen LogP contribution in [0.1, 0.15) is 32.1 Å². The van der Waals surface area contributed by atoms with Crippen LogP contribution in [0.2, 0.25) is 0 Å². The van der Waals surface area contributed by atoms with Gasteiger partial charge < -0.3 is 4.74 Å². The van der Waals surface area contributed by atoms with E-state index in [0.29, 0.717) is 0 Å². The third-order valence-electron chi connectivity index (χ3n) is 2.84. The van der Waals surface area contributed by atoms with Crippen molar-refractivity contribution in [2.75, 3.05) is 13.2 Å². The molecule has 0 aromatic heterocycles. The number of fused-ring (bicyclic) bond motifs is 2. The van der Waals surface area contributed by atoms with Crippen molar-refractivity contribution in [1.82, 2.24) is 0 Å². The Kier molecular flexibility index (Phi) is 3.59. The summed E-state index contributed by atoms with van der Waals surface area (Å²) in [5, 5.41) is 0. The maximum Gasteiger partial charge on any atom is 0.0701 e. The highest BCUT2D eigenvalue weighted by Gasteiger charge is 2.30. The summed E-state index contributed by atoms with van der Waals surface area (Å²) in [5.74, 6) is 2.34. The van der Waals surface area contributed by atoms with Gasteiger partial charge in [-0.25, -0.2) is 0 Å². The minimum absolute atomic E-state index is 0. The molecule has 2 aliphatic carbocycles. The standard InChI is InChI=1S/C7H12.C2H4O.H4Si/c1-2-7-4-3-6(1)5-7;1-2-3-1;/h6-7H,1-5H2;1-2H2;1H4. The molecule has 0 radical (unpaired) electrons. The van der Waals surface area contributed by atoms with Crippen molar-refractivity contribution in [3.8, 4) is 0 Å². The summed E-state index contributed by atoms with van der Waals surface area (Å²) >= 11 is 0. The van der Waals surface area contributed by atoms with Crippen LogP contribution < -0.4 is 0 Å². The first kappa shape index (κ1) is 9.27. The summed E-state index contributed by atoms with van der Waals surface area (Å²) in [6.07, 6.45) is 7.82. The zero-order chi connectivity index (χ0) is 6.81. The molecule has 11 heavy (non-hydrogen) atoms. The van der Waals surface area contributed by atoms with Gasteiger partial charge in [0.05, 0.1) is 13.2 Å². The van der Waals surface area contributed by atoms with Crippen LogP contribution in [0.4, 0.5) is 0 Å². The lowest BCUT2D eigenvalue weighted by molar-refractivity contribution is 0.475. The highest BCUT2D eigenvalue weighted by Crippen LogP contribution is 2.43. The lowest BCUT2D eigenvalue weighted by Crippen LogP contribution is -1.90. The highest BCUT2D eigenvalue weighted by atomic mass is 28.1. The molecule has 0 unspecified atom stereocenters. The Bertz CT molecular complexity index is 93.4. The van der Waals surface area contributed by atoms with Crippen molar-refractivity contribution >= 4 is 11.0 Å². The average Bonchev–Trinajstić information content (AvgIpc) is 2.71. The van der Waals surface area contributed by atoms with E-state index in [2.05, 4.69) is 4.74 Å². The summed E-state index contributed by atoms with van der Waals surface area (Å²) < 4.78 is 4.50. The van der Waals surface area contributed by atoms with Crippen LogP contribution in [0.25, 0.3) is 0 Å². The molecule has 1 aliphatic heterocycles. The third-order valence-corrected chi connectivity index (χ3v) is 2.84. The second kappa shape index (κ2) is 4.26. The lowest BCUT2D eigenvalue weighted by Gasteiger charge is -2.05. The number of hydrogen-bond donors (Lipinski definition) is 0.